The van der Waals surface area contributed by atoms with Gasteiger partial charge >= 0.3 is 0 Å². The predicted octanol–water partition coefficient (Wildman–Crippen LogP) is 4.06. The Bertz CT molecular complexity index is 544. The molecule has 3 N–H and O–H groups in total. The Morgan fingerprint density at radius 3 is 2.25 bits per heavy atom. The average Bonchev–Trinajstić information content (AvgIpc) is 2.42. The van der Waals surface area contributed by atoms with Crippen molar-refractivity contribution in [2.75, 3.05) is 5.73 Å². The molecule has 2 heteroatoms. The average molecular weight is 268 g/mol. The first-order valence-electron chi connectivity index (χ1n) is 7.21. The number of nitrogens with one attached hydrogen (secondary N) is 1. The zero-order chi connectivity index (χ0) is 14.5. The van der Waals surface area contributed by atoms with Gasteiger partial charge in [0.05, 0.1) is 0 Å². The number of hydrogen-bond donors (Lipinski definition) is 2. The van der Waals surface area contributed by atoms with Crippen molar-refractivity contribution in [1.82, 2.24) is 5.32 Å². The van der Waals surface area contributed by atoms with E-state index in [9.17, 15) is 0 Å². The summed E-state index contributed by atoms with van der Waals surface area (Å²) in [6.07, 6.45) is 0. The number of benzene rings is 2. The molecule has 0 aliphatic heterocycles. The van der Waals surface area contributed by atoms with Crippen LogP contribution in [0.25, 0.3) is 0 Å². The van der Waals surface area contributed by atoms with Crippen molar-refractivity contribution in [3.8, 4) is 0 Å². The van der Waals surface area contributed by atoms with E-state index in [0.29, 0.717) is 5.92 Å². The SMILES string of the molecule is Cc1ccc(CNC(c2ccccc2N)C(C)C)cc1. The first-order valence-corrected chi connectivity index (χ1v) is 7.21. The van der Waals surface area contributed by atoms with Crippen LogP contribution < -0.4 is 11.1 Å². The smallest absolute Gasteiger partial charge is 0.0366 e. The number of hydrogen-bond acceptors (Lipinski definition) is 2. The van der Waals surface area contributed by atoms with E-state index in [1.54, 1.807) is 0 Å². The standard InChI is InChI=1S/C18H24N2/c1-13(2)18(16-6-4-5-7-17(16)19)20-12-15-10-8-14(3)9-11-15/h4-11,13,18,20H,12,19H2,1-3H3. The number of nitrogen functional groups attached to an aromatic ring is 1. The van der Waals surface area contributed by atoms with Gasteiger partial charge < -0.3 is 11.1 Å². The molecule has 1 atom stereocenters. The van der Waals surface area contributed by atoms with Crippen LogP contribution in [0.4, 0.5) is 5.69 Å². The minimum Gasteiger partial charge on any atom is -0.398 e. The van der Waals surface area contributed by atoms with Gasteiger partial charge in [0, 0.05) is 18.3 Å². The van der Waals surface area contributed by atoms with Crippen molar-refractivity contribution in [3.63, 3.8) is 0 Å². The van der Waals surface area contributed by atoms with E-state index in [4.69, 9.17) is 5.73 Å². The zero-order valence-electron chi connectivity index (χ0n) is 12.6. The Balaban J connectivity index is 2.11. The van der Waals surface area contributed by atoms with E-state index in [1.807, 2.05) is 12.1 Å². The van der Waals surface area contributed by atoms with E-state index >= 15 is 0 Å². The van der Waals surface area contributed by atoms with Crippen molar-refractivity contribution in [2.45, 2.75) is 33.4 Å². The van der Waals surface area contributed by atoms with Crippen molar-refractivity contribution in [1.29, 1.82) is 0 Å². The monoisotopic (exact) mass is 268 g/mol. The lowest BCUT2D eigenvalue weighted by Crippen LogP contribution is -2.26. The molecule has 1 unspecified atom stereocenters. The maximum Gasteiger partial charge on any atom is 0.0366 e. The highest BCUT2D eigenvalue weighted by Gasteiger charge is 2.17. The van der Waals surface area contributed by atoms with E-state index in [2.05, 4.69) is 62.5 Å². The summed E-state index contributed by atoms with van der Waals surface area (Å²) in [6.45, 7) is 7.41. The highest BCUT2D eigenvalue weighted by Crippen LogP contribution is 2.26. The Kier molecular flexibility index (Phi) is 4.80. The van der Waals surface area contributed by atoms with Crippen molar-refractivity contribution in [2.24, 2.45) is 5.92 Å². The molecular weight excluding hydrogens is 244 g/mol. The second-order valence-electron chi connectivity index (χ2n) is 5.72. The topological polar surface area (TPSA) is 38.0 Å². The molecule has 0 aliphatic rings. The Morgan fingerprint density at radius 1 is 1.00 bits per heavy atom. The molecule has 0 amide bonds. The number of nitrogens with two attached hydrogens (primary N) is 1. The molecule has 2 aromatic carbocycles. The highest BCUT2D eigenvalue weighted by molar-refractivity contribution is 5.48. The lowest BCUT2D eigenvalue weighted by atomic mass is 9.94. The third-order valence-corrected chi connectivity index (χ3v) is 3.64. The summed E-state index contributed by atoms with van der Waals surface area (Å²) >= 11 is 0. The summed E-state index contributed by atoms with van der Waals surface area (Å²) in [5.41, 5.74) is 10.8. The van der Waals surface area contributed by atoms with Crippen LogP contribution in [-0.4, -0.2) is 0 Å². The molecule has 20 heavy (non-hydrogen) atoms. The Morgan fingerprint density at radius 2 is 1.65 bits per heavy atom. The fourth-order valence-corrected chi connectivity index (χ4v) is 2.43. The minimum atomic E-state index is 0.275. The van der Waals surface area contributed by atoms with Crippen LogP contribution in [0.5, 0.6) is 0 Å². The van der Waals surface area contributed by atoms with Gasteiger partial charge in [-0.3, -0.25) is 0 Å². The molecule has 0 aliphatic carbocycles. The third kappa shape index (κ3) is 3.61. The fourth-order valence-electron chi connectivity index (χ4n) is 2.43. The van der Waals surface area contributed by atoms with Crippen molar-refractivity contribution >= 4 is 5.69 Å². The fraction of sp³-hybridized carbons (Fsp3) is 0.333. The normalized spacial score (nSPS) is 12.6. The number of anilines is 1. The first-order chi connectivity index (χ1) is 9.58. The summed E-state index contributed by atoms with van der Waals surface area (Å²) in [5.74, 6) is 0.491. The third-order valence-electron chi connectivity index (χ3n) is 3.64. The summed E-state index contributed by atoms with van der Waals surface area (Å²) in [5, 5.41) is 3.63. The lowest BCUT2D eigenvalue weighted by molar-refractivity contribution is 0.412. The molecule has 0 bridgehead atoms. The van der Waals surface area contributed by atoms with Crippen molar-refractivity contribution in [3.05, 3.63) is 65.2 Å². The van der Waals surface area contributed by atoms with Gasteiger partial charge in [-0.05, 0) is 30.0 Å². The summed E-state index contributed by atoms with van der Waals surface area (Å²) in [4.78, 5) is 0. The minimum absolute atomic E-state index is 0.275. The maximum atomic E-state index is 6.11. The van der Waals surface area contributed by atoms with E-state index < -0.39 is 0 Å². The highest BCUT2D eigenvalue weighted by atomic mass is 14.9. The largest absolute Gasteiger partial charge is 0.398 e. The second kappa shape index (κ2) is 6.58. The summed E-state index contributed by atoms with van der Waals surface area (Å²) in [7, 11) is 0. The molecule has 2 nitrogen and oxygen atoms in total. The first kappa shape index (κ1) is 14.6. The molecule has 106 valence electrons. The molecule has 0 aromatic heterocycles. The number of para-hydroxylation sites is 1. The molecule has 0 spiro atoms. The summed E-state index contributed by atoms with van der Waals surface area (Å²) < 4.78 is 0. The summed E-state index contributed by atoms with van der Waals surface area (Å²) in [6, 6.07) is 17.0. The van der Waals surface area contributed by atoms with Crippen LogP contribution in [0.3, 0.4) is 0 Å². The van der Waals surface area contributed by atoms with E-state index in [-0.39, 0.29) is 6.04 Å². The van der Waals surface area contributed by atoms with Gasteiger partial charge in [-0.1, -0.05) is 61.9 Å². The van der Waals surface area contributed by atoms with Gasteiger partial charge in [0.25, 0.3) is 0 Å². The van der Waals surface area contributed by atoms with E-state index in [1.165, 1.54) is 16.7 Å². The molecule has 0 radical (unpaired) electrons. The Hall–Kier alpha value is -1.80. The van der Waals surface area contributed by atoms with Crippen LogP contribution in [0.15, 0.2) is 48.5 Å². The zero-order valence-corrected chi connectivity index (χ0v) is 12.6. The van der Waals surface area contributed by atoms with Crippen LogP contribution in [-0.2, 0) is 6.54 Å². The maximum absolute atomic E-state index is 6.11. The second-order valence-corrected chi connectivity index (χ2v) is 5.72. The lowest BCUT2D eigenvalue weighted by Gasteiger charge is -2.24. The quantitative estimate of drug-likeness (QED) is 0.802. The van der Waals surface area contributed by atoms with Gasteiger partial charge in [-0.15, -0.1) is 0 Å². The van der Waals surface area contributed by atoms with Crippen LogP contribution in [0, 0.1) is 12.8 Å². The molecule has 0 saturated heterocycles. The van der Waals surface area contributed by atoms with Gasteiger partial charge in [0.2, 0.25) is 0 Å². The van der Waals surface area contributed by atoms with Gasteiger partial charge in [-0.25, -0.2) is 0 Å². The number of aryl methyl sites for hydroxylation is 1. The molecule has 2 aromatic rings. The molecule has 2 rings (SSSR count). The van der Waals surface area contributed by atoms with Gasteiger partial charge in [0.15, 0.2) is 0 Å². The Labute approximate surface area is 122 Å². The molecule has 0 saturated carbocycles. The molecule has 0 fully saturated rings. The van der Waals surface area contributed by atoms with Gasteiger partial charge in [-0.2, -0.15) is 0 Å². The van der Waals surface area contributed by atoms with Crippen LogP contribution in [0.1, 0.15) is 36.6 Å². The van der Waals surface area contributed by atoms with Gasteiger partial charge in [0.1, 0.15) is 0 Å². The molecular formula is C18H24N2. The number of rotatable bonds is 5. The predicted molar refractivity (Wildman–Crippen MR) is 86.5 cm³/mol. The van der Waals surface area contributed by atoms with Crippen LogP contribution >= 0.6 is 0 Å². The molecule has 0 heterocycles. The van der Waals surface area contributed by atoms with E-state index in [0.717, 1.165) is 12.2 Å². The van der Waals surface area contributed by atoms with Crippen molar-refractivity contribution < 1.29 is 0 Å². The van der Waals surface area contributed by atoms with Crippen LogP contribution in [0.2, 0.25) is 0 Å².